The second kappa shape index (κ2) is 5.91. The first-order valence-corrected chi connectivity index (χ1v) is 5.98. The van der Waals surface area contributed by atoms with Crippen LogP contribution in [0.3, 0.4) is 0 Å². The fourth-order valence-corrected chi connectivity index (χ4v) is 1.98. The standard InChI is InChI=1S/C12H15BrO4/c1-7(2)17-12-9(13)4-8(6-11(14)15)5-10(12)16-3/h4-5,7H,6H2,1-3H3,(H,14,15). The maximum Gasteiger partial charge on any atom is 0.307 e. The normalized spacial score (nSPS) is 10.4. The summed E-state index contributed by atoms with van der Waals surface area (Å²) in [6.45, 7) is 3.83. The first-order valence-electron chi connectivity index (χ1n) is 5.19. The molecule has 4 nitrogen and oxygen atoms in total. The van der Waals surface area contributed by atoms with E-state index in [9.17, 15) is 4.79 Å². The van der Waals surface area contributed by atoms with Gasteiger partial charge in [-0.1, -0.05) is 0 Å². The number of hydrogen-bond acceptors (Lipinski definition) is 3. The van der Waals surface area contributed by atoms with E-state index in [1.165, 1.54) is 7.11 Å². The van der Waals surface area contributed by atoms with Gasteiger partial charge >= 0.3 is 5.97 Å². The number of halogens is 1. The van der Waals surface area contributed by atoms with E-state index >= 15 is 0 Å². The fraction of sp³-hybridized carbons (Fsp3) is 0.417. The van der Waals surface area contributed by atoms with E-state index in [-0.39, 0.29) is 12.5 Å². The lowest BCUT2D eigenvalue weighted by Crippen LogP contribution is -2.08. The van der Waals surface area contributed by atoms with Crippen LogP contribution in [0.4, 0.5) is 0 Å². The van der Waals surface area contributed by atoms with Crippen molar-refractivity contribution in [3.05, 3.63) is 22.2 Å². The molecule has 94 valence electrons. The van der Waals surface area contributed by atoms with Gasteiger partial charge in [0, 0.05) is 0 Å². The molecule has 5 heteroatoms. The zero-order valence-corrected chi connectivity index (χ0v) is 11.6. The smallest absolute Gasteiger partial charge is 0.307 e. The molecular weight excluding hydrogens is 288 g/mol. The molecule has 1 aromatic carbocycles. The van der Waals surface area contributed by atoms with Crippen molar-refractivity contribution in [2.24, 2.45) is 0 Å². The molecular formula is C12H15BrO4. The van der Waals surface area contributed by atoms with Crippen LogP contribution in [0.5, 0.6) is 11.5 Å². The van der Waals surface area contributed by atoms with Crippen LogP contribution in [-0.4, -0.2) is 24.3 Å². The zero-order chi connectivity index (χ0) is 13.0. The maximum atomic E-state index is 10.7. The molecule has 0 saturated carbocycles. The van der Waals surface area contributed by atoms with E-state index in [1.807, 2.05) is 13.8 Å². The summed E-state index contributed by atoms with van der Waals surface area (Å²) in [5.74, 6) is 0.248. The highest BCUT2D eigenvalue weighted by atomic mass is 79.9. The lowest BCUT2D eigenvalue weighted by Gasteiger charge is -2.16. The summed E-state index contributed by atoms with van der Waals surface area (Å²) in [5, 5.41) is 8.75. The number of methoxy groups -OCH3 is 1. The molecule has 0 unspecified atom stereocenters. The molecule has 17 heavy (non-hydrogen) atoms. The highest BCUT2D eigenvalue weighted by molar-refractivity contribution is 9.10. The van der Waals surface area contributed by atoms with Crippen LogP contribution in [-0.2, 0) is 11.2 Å². The molecule has 1 N–H and O–H groups in total. The largest absolute Gasteiger partial charge is 0.493 e. The van der Waals surface area contributed by atoms with Crippen molar-refractivity contribution < 1.29 is 19.4 Å². The minimum absolute atomic E-state index is 0.0190. The van der Waals surface area contributed by atoms with Crippen LogP contribution in [0, 0.1) is 0 Å². The molecule has 0 radical (unpaired) electrons. The Bertz CT molecular complexity index is 415. The lowest BCUT2D eigenvalue weighted by atomic mass is 10.1. The van der Waals surface area contributed by atoms with Gasteiger partial charge in [0.2, 0.25) is 0 Å². The van der Waals surface area contributed by atoms with E-state index in [0.29, 0.717) is 21.5 Å². The number of hydrogen-bond donors (Lipinski definition) is 1. The Kier molecular flexibility index (Phi) is 4.81. The molecule has 0 heterocycles. The number of carboxylic acids is 1. The SMILES string of the molecule is COc1cc(CC(=O)O)cc(Br)c1OC(C)C. The Morgan fingerprint density at radius 2 is 2.12 bits per heavy atom. The fourth-order valence-electron chi connectivity index (χ4n) is 1.40. The Morgan fingerprint density at radius 1 is 1.47 bits per heavy atom. The third-order valence-electron chi connectivity index (χ3n) is 2.00. The van der Waals surface area contributed by atoms with Gasteiger partial charge in [0.15, 0.2) is 11.5 Å². The van der Waals surface area contributed by atoms with E-state index in [4.69, 9.17) is 14.6 Å². The van der Waals surface area contributed by atoms with E-state index in [0.717, 1.165) is 0 Å². The quantitative estimate of drug-likeness (QED) is 0.908. The molecule has 0 aliphatic carbocycles. The van der Waals surface area contributed by atoms with E-state index < -0.39 is 5.97 Å². The molecule has 0 amide bonds. The third-order valence-corrected chi connectivity index (χ3v) is 2.59. The summed E-state index contributed by atoms with van der Waals surface area (Å²) in [6.07, 6.45) is -0.0257. The number of rotatable bonds is 5. The maximum absolute atomic E-state index is 10.7. The van der Waals surface area contributed by atoms with Gasteiger partial charge in [0.05, 0.1) is 24.1 Å². The van der Waals surface area contributed by atoms with Crippen LogP contribution in [0.15, 0.2) is 16.6 Å². The van der Waals surface area contributed by atoms with Gasteiger partial charge in [-0.05, 0) is 47.5 Å². The topological polar surface area (TPSA) is 55.8 Å². The second-order valence-corrected chi connectivity index (χ2v) is 4.70. The Labute approximate surface area is 109 Å². The number of carbonyl (C=O) groups is 1. The Hall–Kier alpha value is -1.23. The molecule has 0 bridgehead atoms. The summed E-state index contributed by atoms with van der Waals surface area (Å²) in [7, 11) is 1.53. The minimum atomic E-state index is -0.878. The van der Waals surface area contributed by atoms with Crippen molar-refractivity contribution >= 4 is 21.9 Å². The molecule has 0 aromatic heterocycles. The van der Waals surface area contributed by atoms with Crippen molar-refractivity contribution in [1.82, 2.24) is 0 Å². The third kappa shape index (κ3) is 3.93. The summed E-state index contributed by atoms with van der Waals surface area (Å²) in [4.78, 5) is 10.7. The molecule has 0 fully saturated rings. The molecule has 0 spiro atoms. The monoisotopic (exact) mass is 302 g/mol. The summed E-state index contributed by atoms with van der Waals surface area (Å²) < 4.78 is 11.5. The zero-order valence-electron chi connectivity index (χ0n) is 9.99. The molecule has 1 rings (SSSR count). The predicted molar refractivity (Wildman–Crippen MR) is 67.8 cm³/mol. The van der Waals surface area contributed by atoms with Gasteiger partial charge < -0.3 is 14.6 Å². The second-order valence-electron chi connectivity index (χ2n) is 3.85. The van der Waals surface area contributed by atoms with Crippen molar-refractivity contribution in [1.29, 1.82) is 0 Å². The van der Waals surface area contributed by atoms with Gasteiger partial charge in [-0.25, -0.2) is 0 Å². The summed E-state index contributed by atoms with van der Waals surface area (Å²) >= 11 is 3.36. The van der Waals surface area contributed by atoms with Crippen molar-refractivity contribution in [2.75, 3.05) is 7.11 Å². The average Bonchev–Trinajstić information content (AvgIpc) is 2.20. The summed E-state index contributed by atoms with van der Waals surface area (Å²) in [6, 6.07) is 3.41. The van der Waals surface area contributed by atoms with Crippen LogP contribution in [0.2, 0.25) is 0 Å². The first kappa shape index (κ1) is 13.8. The molecule has 0 aliphatic rings. The predicted octanol–water partition coefficient (Wildman–Crippen LogP) is 2.87. The Balaban J connectivity index is 3.11. The molecule has 0 saturated heterocycles. The highest BCUT2D eigenvalue weighted by Gasteiger charge is 2.14. The van der Waals surface area contributed by atoms with Crippen LogP contribution in [0.1, 0.15) is 19.4 Å². The van der Waals surface area contributed by atoms with Crippen LogP contribution >= 0.6 is 15.9 Å². The number of aliphatic carboxylic acids is 1. The molecule has 0 aliphatic heterocycles. The summed E-state index contributed by atoms with van der Waals surface area (Å²) in [5.41, 5.74) is 0.664. The Morgan fingerprint density at radius 3 is 2.59 bits per heavy atom. The number of carboxylic acid groups (broad SMARTS) is 1. The number of benzene rings is 1. The number of ether oxygens (including phenoxy) is 2. The first-order chi connectivity index (χ1) is 7.93. The van der Waals surface area contributed by atoms with Gasteiger partial charge in [0.25, 0.3) is 0 Å². The van der Waals surface area contributed by atoms with Crippen molar-refractivity contribution in [2.45, 2.75) is 26.4 Å². The average molecular weight is 303 g/mol. The van der Waals surface area contributed by atoms with E-state index in [1.54, 1.807) is 12.1 Å². The lowest BCUT2D eigenvalue weighted by molar-refractivity contribution is -0.136. The van der Waals surface area contributed by atoms with E-state index in [2.05, 4.69) is 15.9 Å². The molecule has 0 atom stereocenters. The van der Waals surface area contributed by atoms with Crippen LogP contribution < -0.4 is 9.47 Å². The van der Waals surface area contributed by atoms with Crippen molar-refractivity contribution in [3.63, 3.8) is 0 Å². The van der Waals surface area contributed by atoms with Gasteiger partial charge in [-0.2, -0.15) is 0 Å². The highest BCUT2D eigenvalue weighted by Crippen LogP contribution is 2.37. The minimum Gasteiger partial charge on any atom is -0.493 e. The van der Waals surface area contributed by atoms with Gasteiger partial charge in [-0.3, -0.25) is 4.79 Å². The van der Waals surface area contributed by atoms with Gasteiger partial charge in [-0.15, -0.1) is 0 Å². The van der Waals surface area contributed by atoms with Crippen molar-refractivity contribution in [3.8, 4) is 11.5 Å². The molecule has 1 aromatic rings. The van der Waals surface area contributed by atoms with Crippen LogP contribution in [0.25, 0.3) is 0 Å². The van der Waals surface area contributed by atoms with Gasteiger partial charge in [0.1, 0.15) is 0 Å².